The van der Waals surface area contributed by atoms with Gasteiger partial charge in [-0.05, 0) is 29.8 Å². The molecule has 1 unspecified atom stereocenters. The Hall–Kier alpha value is -2.27. The number of carbonyl (C=O) groups is 1. The van der Waals surface area contributed by atoms with E-state index in [0.717, 1.165) is 11.1 Å². The van der Waals surface area contributed by atoms with Crippen molar-refractivity contribution in [3.05, 3.63) is 58.7 Å². The lowest BCUT2D eigenvalue weighted by Crippen LogP contribution is -2.26. The van der Waals surface area contributed by atoms with Gasteiger partial charge in [-0.1, -0.05) is 23.7 Å². The van der Waals surface area contributed by atoms with Crippen LogP contribution in [-0.4, -0.2) is 17.7 Å². The van der Waals surface area contributed by atoms with Gasteiger partial charge in [0.25, 0.3) is 0 Å². The van der Waals surface area contributed by atoms with Crippen LogP contribution in [0.25, 0.3) is 0 Å². The summed E-state index contributed by atoms with van der Waals surface area (Å²) >= 11 is 5.80. The summed E-state index contributed by atoms with van der Waals surface area (Å²) in [4.78, 5) is 15.9. The van der Waals surface area contributed by atoms with Crippen LogP contribution in [0.4, 0.5) is 4.79 Å². The minimum atomic E-state index is -0.491. The van der Waals surface area contributed by atoms with Gasteiger partial charge in [0.1, 0.15) is 6.61 Å². The molecule has 6 heteroatoms. The number of fused-ring (bicyclic) bond motifs is 1. The monoisotopic (exact) mass is 304 g/mol. The van der Waals surface area contributed by atoms with Gasteiger partial charge in [0.2, 0.25) is 5.88 Å². The molecular formula is C15H13ClN2O3. The van der Waals surface area contributed by atoms with Crippen LogP contribution in [-0.2, 0) is 11.3 Å². The van der Waals surface area contributed by atoms with Crippen LogP contribution >= 0.6 is 11.6 Å². The lowest BCUT2D eigenvalue weighted by Gasteiger charge is -2.11. The van der Waals surface area contributed by atoms with Crippen molar-refractivity contribution in [1.82, 2.24) is 10.3 Å². The van der Waals surface area contributed by atoms with E-state index in [1.54, 1.807) is 24.4 Å². The van der Waals surface area contributed by atoms with Gasteiger partial charge in [0.15, 0.2) is 6.10 Å². The Morgan fingerprint density at radius 3 is 3.00 bits per heavy atom. The topological polar surface area (TPSA) is 60.5 Å². The highest BCUT2D eigenvalue weighted by Gasteiger charge is 2.28. The number of aromatic nitrogens is 1. The predicted octanol–water partition coefficient (Wildman–Crippen LogP) is 3.09. The highest BCUT2D eigenvalue weighted by atomic mass is 35.5. The van der Waals surface area contributed by atoms with Crippen molar-refractivity contribution in [1.29, 1.82) is 0 Å². The van der Waals surface area contributed by atoms with Gasteiger partial charge < -0.3 is 14.8 Å². The van der Waals surface area contributed by atoms with Gasteiger partial charge in [-0.25, -0.2) is 9.78 Å². The molecular weight excluding hydrogens is 292 g/mol. The summed E-state index contributed by atoms with van der Waals surface area (Å²) in [5, 5.41) is 3.36. The summed E-state index contributed by atoms with van der Waals surface area (Å²) in [6.07, 6.45) is 0.733. The molecule has 1 N–H and O–H groups in total. The zero-order valence-corrected chi connectivity index (χ0v) is 11.8. The number of nitrogens with zero attached hydrogens (tertiary/aromatic N) is 1. The molecule has 1 aliphatic heterocycles. The standard InChI is InChI=1S/C15H13ClN2O3/c16-11-5-3-10(4-6-11)8-18-15(19)21-13-9-20-14-12(13)2-1-7-17-14/h1-7,13H,8-9H2,(H,18,19). The number of carbonyl (C=O) groups excluding carboxylic acids is 1. The average molecular weight is 305 g/mol. The van der Waals surface area contributed by atoms with Crippen LogP contribution in [0.5, 0.6) is 5.88 Å². The highest BCUT2D eigenvalue weighted by Crippen LogP contribution is 2.32. The van der Waals surface area contributed by atoms with E-state index in [1.807, 2.05) is 18.2 Å². The Bertz CT molecular complexity index is 646. The Morgan fingerprint density at radius 2 is 2.19 bits per heavy atom. The molecule has 0 bridgehead atoms. The number of ether oxygens (including phenoxy) is 2. The predicted molar refractivity (Wildman–Crippen MR) is 77.2 cm³/mol. The van der Waals surface area contributed by atoms with Crippen molar-refractivity contribution in [2.24, 2.45) is 0 Å². The summed E-state index contributed by atoms with van der Waals surface area (Å²) < 4.78 is 10.7. The van der Waals surface area contributed by atoms with Gasteiger partial charge in [0, 0.05) is 17.8 Å². The summed E-state index contributed by atoms with van der Waals surface area (Å²) in [5.74, 6) is 0.521. The highest BCUT2D eigenvalue weighted by molar-refractivity contribution is 6.30. The molecule has 108 valence electrons. The first kappa shape index (κ1) is 13.7. The SMILES string of the molecule is O=C(NCc1ccc(Cl)cc1)OC1COc2ncccc21. The summed E-state index contributed by atoms with van der Waals surface area (Å²) in [6, 6.07) is 10.9. The van der Waals surface area contributed by atoms with E-state index in [2.05, 4.69) is 10.3 Å². The molecule has 0 saturated heterocycles. The third-order valence-corrected chi connectivity index (χ3v) is 3.37. The van der Waals surface area contributed by atoms with Crippen molar-refractivity contribution >= 4 is 17.7 Å². The number of hydrogen-bond donors (Lipinski definition) is 1. The molecule has 1 amide bonds. The molecule has 1 atom stereocenters. The molecule has 0 saturated carbocycles. The quantitative estimate of drug-likeness (QED) is 0.946. The van der Waals surface area contributed by atoms with Crippen LogP contribution < -0.4 is 10.1 Å². The zero-order valence-electron chi connectivity index (χ0n) is 11.1. The normalized spacial score (nSPS) is 16.0. The molecule has 5 nitrogen and oxygen atoms in total. The molecule has 1 aromatic heterocycles. The van der Waals surface area contributed by atoms with Crippen LogP contribution in [0.15, 0.2) is 42.6 Å². The molecule has 21 heavy (non-hydrogen) atoms. The number of halogens is 1. The van der Waals surface area contributed by atoms with E-state index in [-0.39, 0.29) is 0 Å². The molecule has 0 aliphatic carbocycles. The first-order valence-corrected chi connectivity index (χ1v) is 6.87. The number of benzene rings is 1. The average Bonchev–Trinajstić information content (AvgIpc) is 2.90. The first-order valence-electron chi connectivity index (χ1n) is 6.49. The van der Waals surface area contributed by atoms with Gasteiger partial charge >= 0.3 is 6.09 Å². The van der Waals surface area contributed by atoms with Gasteiger partial charge in [0.05, 0.1) is 5.56 Å². The first-order chi connectivity index (χ1) is 10.2. The van der Waals surface area contributed by atoms with Gasteiger partial charge in [-0.3, -0.25) is 0 Å². The summed E-state index contributed by atoms with van der Waals surface area (Å²) in [5.41, 5.74) is 1.74. The molecule has 3 rings (SSSR count). The van der Waals surface area contributed by atoms with Crippen LogP contribution in [0, 0.1) is 0 Å². The van der Waals surface area contributed by atoms with Crippen LogP contribution in [0.2, 0.25) is 5.02 Å². The second-order valence-corrected chi connectivity index (χ2v) is 5.02. The number of alkyl carbamates (subject to hydrolysis) is 1. The van der Waals surface area contributed by atoms with Crippen molar-refractivity contribution in [2.75, 3.05) is 6.61 Å². The Balaban J connectivity index is 1.54. The second kappa shape index (κ2) is 6.01. The smallest absolute Gasteiger partial charge is 0.408 e. The number of hydrogen-bond acceptors (Lipinski definition) is 4. The number of rotatable bonds is 3. The second-order valence-electron chi connectivity index (χ2n) is 4.58. The van der Waals surface area contributed by atoms with Crippen LogP contribution in [0.3, 0.4) is 0 Å². The van der Waals surface area contributed by atoms with E-state index < -0.39 is 12.2 Å². The van der Waals surface area contributed by atoms with E-state index in [0.29, 0.717) is 24.1 Å². The lowest BCUT2D eigenvalue weighted by atomic mass is 10.2. The maximum absolute atomic E-state index is 11.8. The fourth-order valence-electron chi connectivity index (χ4n) is 2.06. The third-order valence-electron chi connectivity index (χ3n) is 3.12. The fourth-order valence-corrected chi connectivity index (χ4v) is 2.18. The van der Waals surface area contributed by atoms with Gasteiger partial charge in [-0.2, -0.15) is 0 Å². The summed E-state index contributed by atoms with van der Waals surface area (Å²) in [6.45, 7) is 0.671. The van der Waals surface area contributed by atoms with E-state index in [4.69, 9.17) is 21.1 Å². The van der Waals surface area contributed by atoms with Gasteiger partial charge in [-0.15, -0.1) is 0 Å². The molecule has 0 radical (unpaired) electrons. The zero-order chi connectivity index (χ0) is 14.7. The number of nitrogens with one attached hydrogen (secondary N) is 1. The number of amides is 1. The number of pyridine rings is 1. The largest absolute Gasteiger partial charge is 0.473 e. The lowest BCUT2D eigenvalue weighted by molar-refractivity contribution is 0.0821. The minimum absolute atomic E-state index is 0.292. The third kappa shape index (κ3) is 3.25. The molecule has 2 heterocycles. The Kier molecular flexibility index (Phi) is 3.92. The fraction of sp³-hybridized carbons (Fsp3) is 0.200. The summed E-state index contributed by atoms with van der Waals surface area (Å²) in [7, 11) is 0. The Labute approximate surface area is 126 Å². The van der Waals surface area contributed by atoms with Crippen LogP contribution in [0.1, 0.15) is 17.2 Å². The minimum Gasteiger partial charge on any atom is -0.473 e. The van der Waals surface area contributed by atoms with Crippen molar-refractivity contribution in [3.8, 4) is 5.88 Å². The Morgan fingerprint density at radius 1 is 1.38 bits per heavy atom. The maximum Gasteiger partial charge on any atom is 0.408 e. The molecule has 0 fully saturated rings. The molecule has 1 aromatic carbocycles. The van der Waals surface area contributed by atoms with Crippen molar-refractivity contribution in [2.45, 2.75) is 12.6 Å². The molecule has 0 spiro atoms. The molecule has 2 aromatic rings. The van der Waals surface area contributed by atoms with E-state index in [9.17, 15) is 4.79 Å². The van der Waals surface area contributed by atoms with E-state index in [1.165, 1.54) is 0 Å². The van der Waals surface area contributed by atoms with Crippen molar-refractivity contribution < 1.29 is 14.3 Å². The van der Waals surface area contributed by atoms with E-state index >= 15 is 0 Å². The van der Waals surface area contributed by atoms with Crippen molar-refractivity contribution in [3.63, 3.8) is 0 Å². The maximum atomic E-state index is 11.8. The molecule has 1 aliphatic rings.